The van der Waals surface area contributed by atoms with E-state index in [1.54, 1.807) is 6.20 Å². The van der Waals surface area contributed by atoms with Crippen LogP contribution in [0.4, 0.5) is 0 Å². The summed E-state index contributed by atoms with van der Waals surface area (Å²) >= 11 is 0. The minimum Gasteiger partial charge on any atom is -0.391 e. The Morgan fingerprint density at radius 1 is 1.17 bits per heavy atom. The molecular weight excluding hydrogens is 380 g/mol. The van der Waals surface area contributed by atoms with Gasteiger partial charge < -0.3 is 15.5 Å². The van der Waals surface area contributed by atoms with Crippen LogP contribution in [0.2, 0.25) is 0 Å². The Morgan fingerprint density at radius 3 is 2.80 bits per heavy atom. The zero-order valence-electron chi connectivity index (χ0n) is 16.7. The summed E-state index contributed by atoms with van der Waals surface area (Å²) < 4.78 is 1.94. The van der Waals surface area contributed by atoms with Gasteiger partial charge in [0, 0.05) is 37.8 Å². The van der Waals surface area contributed by atoms with Gasteiger partial charge in [-0.1, -0.05) is 36.4 Å². The molecule has 2 aromatic heterocycles. The van der Waals surface area contributed by atoms with E-state index in [1.165, 1.54) is 5.56 Å². The Morgan fingerprint density at radius 2 is 2.00 bits per heavy atom. The van der Waals surface area contributed by atoms with Crippen LogP contribution in [-0.4, -0.2) is 63.0 Å². The van der Waals surface area contributed by atoms with E-state index in [9.17, 15) is 9.90 Å². The summed E-state index contributed by atoms with van der Waals surface area (Å²) in [5, 5.41) is 27.4. The molecule has 7 nitrogen and oxygen atoms in total. The van der Waals surface area contributed by atoms with Crippen molar-refractivity contribution in [2.75, 3.05) is 26.2 Å². The number of amides is 1. The van der Waals surface area contributed by atoms with Crippen molar-refractivity contribution in [3.63, 3.8) is 0 Å². The lowest BCUT2D eigenvalue weighted by molar-refractivity contribution is -0.123. The van der Waals surface area contributed by atoms with Crippen molar-refractivity contribution < 1.29 is 15.0 Å². The maximum absolute atomic E-state index is 11.6. The Kier molecular flexibility index (Phi) is 4.81. The molecule has 1 amide bonds. The number of carbonyl (C=O) groups is 1. The minimum absolute atomic E-state index is 0.135. The zero-order chi connectivity index (χ0) is 20.7. The van der Waals surface area contributed by atoms with Crippen molar-refractivity contribution in [2.24, 2.45) is 11.3 Å². The number of rotatable bonds is 6. The van der Waals surface area contributed by atoms with Gasteiger partial charge in [0.15, 0.2) is 0 Å². The fourth-order valence-electron chi connectivity index (χ4n) is 5.45. The van der Waals surface area contributed by atoms with Crippen LogP contribution in [0.15, 0.2) is 60.8 Å². The number of aromatic nitrogens is 2. The number of aliphatic hydroxyl groups is 2. The van der Waals surface area contributed by atoms with Crippen LogP contribution in [0.1, 0.15) is 17.2 Å². The van der Waals surface area contributed by atoms with Crippen LogP contribution in [0, 0.1) is 11.3 Å². The molecule has 2 aliphatic rings. The van der Waals surface area contributed by atoms with Crippen molar-refractivity contribution in [3.05, 3.63) is 72.1 Å². The average molecular weight is 406 g/mol. The normalized spacial score (nSPS) is 28.3. The molecular formula is C23H26N4O3. The molecule has 1 saturated heterocycles. The molecule has 0 bridgehead atoms. The van der Waals surface area contributed by atoms with Gasteiger partial charge in [-0.05, 0) is 35.6 Å². The van der Waals surface area contributed by atoms with Gasteiger partial charge in [0.25, 0.3) is 0 Å². The summed E-state index contributed by atoms with van der Waals surface area (Å²) in [5.74, 6) is -0.0624. The number of nitrogens with one attached hydrogen (secondary N) is 1. The van der Waals surface area contributed by atoms with Crippen LogP contribution < -0.4 is 5.32 Å². The van der Waals surface area contributed by atoms with Gasteiger partial charge in [-0.25, -0.2) is 4.52 Å². The first-order valence-corrected chi connectivity index (χ1v) is 10.4. The molecule has 1 aliphatic heterocycles. The second-order valence-corrected chi connectivity index (χ2v) is 8.44. The topological polar surface area (TPSA) is 90.1 Å². The maximum Gasteiger partial charge on any atom is 0.245 e. The monoisotopic (exact) mass is 406 g/mol. The van der Waals surface area contributed by atoms with E-state index < -0.39 is 12.7 Å². The molecule has 3 heterocycles. The third-order valence-corrected chi connectivity index (χ3v) is 6.82. The highest BCUT2D eigenvalue weighted by atomic mass is 16.3. The van der Waals surface area contributed by atoms with E-state index in [-0.39, 0.29) is 23.2 Å². The van der Waals surface area contributed by atoms with Crippen LogP contribution in [0.5, 0.6) is 0 Å². The van der Waals surface area contributed by atoms with Crippen LogP contribution in [-0.2, 0) is 11.3 Å². The molecule has 1 aliphatic carbocycles. The third kappa shape index (κ3) is 3.10. The number of aliphatic hydroxyl groups excluding tert-OH is 2. The van der Waals surface area contributed by atoms with E-state index in [2.05, 4.69) is 33.5 Å². The number of benzene rings is 1. The molecule has 3 N–H and O–H groups in total. The van der Waals surface area contributed by atoms with Gasteiger partial charge in [-0.2, -0.15) is 5.10 Å². The molecule has 3 aromatic rings. The van der Waals surface area contributed by atoms with Crippen molar-refractivity contribution in [1.29, 1.82) is 0 Å². The lowest BCUT2D eigenvalue weighted by Crippen LogP contribution is -2.31. The Balaban J connectivity index is 1.39. The van der Waals surface area contributed by atoms with Gasteiger partial charge in [-0.3, -0.25) is 9.69 Å². The number of nitrogens with zero attached hydrogens (tertiary/aromatic N) is 3. The second-order valence-electron chi connectivity index (χ2n) is 8.44. The Bertz CT molecular complexity index is 1050. The van der Waals surface area contributed by atoms with Crippen molar-refractivity contribution in [1.82, 2.24) is 19.8 Å². The summed E-state index contributed by atoms with van der Waals surface area (Å²) in [5.41, 5.74) is 3.04. The Hall–Kier alpha value is -2.74. The molecule has 1 spiro atoms. The number of carbonyl (C=O) groups excluding carboxylic acids is 1. The highest BCUT2D eigenvalue weighted by Gasteiger charge is 2.70. The van der Waals surface area contributed by atoms with Gasteiger partial charge >= 0.3 is 0 Å². The first kappa shape index (κ1) is 19.2. The van der Waals surface area contributed by atoms with Crippen LogP contribution in [0.3, 0.4) is 0 Å². The van der Waals surface area contributed by atoms with Crippen LogP contribution in [0.25, 0.3) is 5.52 Å². The number of β-amino-alcohol motifs (C(OH)–C–C–N with tert-alkyl or cyclic N) is 1. The summed E-state index contributed by atoms with van der Waals surface area (Å²) in [7, 11) is 0. The maximum atomic E-state index is 11.6. The predicted molar refractivity (Wildman–Crippen MR) is 112 cm³/mol. The van der Waals surface area contributed by atoms with Gasteiger partial charge in [0.2, 0.25) is 5.91 Å². The molecule has 30 heavy (non-hydrogen) atoms. The molecule has 0 unspecified atom stereocenters. The van der Waals surface area contributed by atoms with Gasteiger partial charge in [0.1, 0.15) is 6.61 Å². The first-order chi connectivity index (χ1) is 14.6. The number of pyridine rings is 1. The highest BCUT2D eigenvalue weighted by Crippen LogP contribution is 2.68. The lowest BCUT2D eigenvalue weighted by atomic mass is 9.95. The summed E-state index contributed by atoms with van der Waals surface area (Å²) in [4.78, 5) is 13.9. The molecule has 4 atom stereocenters. The number of likely N-dealkylation sites (tertiary alicyclic amines) is 1. The SMILES string of the molecule is O=C(CO)NC[C@@H]1[C@@H](c2ccccc2)[C@]12CN(Cc1cccc3ccnn13)C[C@@H]2O. The van der Waals surface area contributed by atoms with Crippen molar-refractivity contribution in [2.45, 2.75) is 18.6 Å². The zero-order valence-corrected chi connectivity index (χ0v) is 16.7. The lowest BCUT2D eigenvalue weighted by Gasteiger charge is -2.17. The summed E-state index contributed by atoms with van der Waals surface area (Å²) in [6.45, 7) is 1.99. The van der Waals surface area contributed by atoms with E-state index in [4.69, 9.17) is 5.11 Å². The Labute approximate surface area is 174 Å². The highest BCUT2D eigenvalue weighted by molar-refractivity contribution is 5.76. The summed E-state index contributed by atoms with van der Waals surface area (Å²) in [6, 6.07) is 18.3. The van der Waals surface area contributed by atoms with Gasteiger partial charge in [0.05, 0.1) is 17.3 Å². The molecule has 5 rings (SSSR count). The molecule has 0 radical (unpaired) electrons. The number of hydrogen-bond donors (Lipinski definition) is 3. The van der Waals surface area contributed by atoms with E-state index in [0.29, 0.717) is 19.6 Å². The van der Waals surface area contributed by atoms with Crippen LogP contribution >= 0.6 is 0 Å². The fraction of sp³-hybridized carbons (Fsp3) is 0.391. The second kappa shape index (κ2) is 7.50. The molecule has 2 fully saturated rings. The van der Waals surface area contributed by atoms with E-state index >= 15 is 0 Å². The number of fused-ring (bicyclic) bond motifs is 1. The average Bonchev–Trinajstić information content (AvgIpc) is 3.03. The van der Waals surface area contributed by atoms with Crippen molar-refractivity contribution in [3.8, 4) is 0 Å². The molecule has 1 aromatic carbocycles. The molecule has 7 heteroatoms. The summed E-state index contributed by atoms with van der Waals surface area (Å²) in [6.07, 6.45) is 1.32. The smallest absolute Gasteiger partial charge is 0.245 e. The van der Waals surface area contributed by atoms with Crippen molar-refractivity contribution >= 4 is 11.4 Å². The third-order valence-electron chi connectivity index (χ3n) is 6.82. The first-order valence-electron chi connectivity index (χ1n) is 10.4. The minimum atomic E-state index is -0.516. The fourth-order valence-corrected chi connectivity index (χ4v) is 5.45. The molecule has 156 valence electrons. The number of hydrogen-bond acceptors (Lipinski definition) is 5. The predicted octanol–water partition coefficient (Wildman–Crippen LogP) is 1.02. The quantitative estimate of drug-likeness (QED) is 0.569. The largest absolute Gasteiger partial charge is 0.391 e. The van der Waals surface area contributed by atoms with E-state index in [1.807, 2.05) is 40.9 Å². The van der Waals surface area contributed by atoms with Gasteiger partial charge in [-0.15, -0.1) is 0 Å². The standard InChI is InChI=1S/C23H26N4O3/c28-14-21(30)24-11-19-22(16-5-2-1-3-6-16)23(19)15-26(13-20(23)29)12-18-8-4-7-17-9-10-25-27(17)18/h1-10,19-20,22,28-29H,11-15H2,(H,24,30)/t19-,20+,22-,23-/m1/s1. The molecule has 1 saturated carbocycles. The van der Waals surface area contributed by atoms with E-state index in [0.717, 1.165) is 17.8 Å².